The molecule has 1 aromatic carbocycles. The van der Waals surface area contributed by atoms with Crippen molar-refractivity contribution in [1.82, 2.24) is 0 Å². The summed E-state index contributed by atoms with van der Waals surface area (Å²) in [6.07, 6.45) is 3.14. The summed E-state index contributed by atoms with van der Waals surface area (Å²) in [6.45, 7) is 0.419. The molecule has 0 saturated heterocycles. The van der Waals surface area contributed by atoms with Gasteiger partial charge in [-0.25, -0.2) is 8.78 Å². The average molecular weight is 251 g/mol. The lowest BCUT2D eigenvalue weighted by Crippen LogP contribution is -2.36. The molecule has 0 N–H and O–H groups in total. The Morgan fingerprint density at radius 2 is 1.83 bits per heavy atom. The van der Waals surface area contributed by atoms with Crippen LogP contribution < -0.4 is 4.90 Å². The minimum Gasteiger partial charge on any atom is -0.304 e. The van der Waals surface area contributed by atoms with Crippen LogP contribution in [0, 0.1) is 17.6 Å². The topological polar surface area (TPSA) is 37.4 Å². The summed E-state index contributed by atoms with van der Waals surface area (Å²) in [7, 11) is 0. The van der Waals surface area contributed by atoms with E-state index in [1.165, 1.54) is 4.90 Å². The van der Waals surface area contributed by atoms with Crippen LogP contribution in [0.25, 0.3) is 0 Å². The fourth-order valence-electron chi connectivity index (χ4n) is 2.40. The highest BCUT2D eigenvalue weighted by molar-refractivity contribution is 6.52. The van der Waals surface area contributed by atoms with Gasteiger partial charge in [0.15, 0.2) is 11.6 Å². The molecule has 1 aliphatic heterocycles. The maximum atomic E-state index is 13.2. The first-order valence-electron chi connectivity index (χ1n) is 5.93. The molecule has 1 fully saturated rings. The Bertz CT molecular complexity index is 552. The first-order chi connectivity index (χ1) is 8.58. The second kappa shape index (κ2) is 3.86. The van der Waals surface area contributed by atoms with Gasteiger partial charge in [0, 0.05) is 12.6 Å². The number of nitrogens with zero attached hydrogens (tertiary/aromatic N) is 1. The van der Waals surface area contributed by atoms with Crippen molar-refractivity contribution in [3.8, 4) is 0 Å². The monoisotopic (exact) mass is 251 g/mol. The summed E-state index contributed by atoms with van der Waals surface area (Å²) in [5.41, 5.74) is 0.175. The fraction of sp³-hybridized carbons (Fsp3) is 0.385. The van der Waals surface area contributed by atoms with E-state index < -0.39 is 23.3 Å². The van der Waals surface area contributed by atoms with Gasteiger partial charge in [0.2, 0.25) is 0 Å². The quantitative estimate of drug-likeness (QED) is 0.756. The van der Waals surface area contributed by atoms with Gasteiger partial charge in [0.25, 0.3) is 11.7 Å². The lowest BCUT2D eigenvalue weighted by molar-refractivity contribution is -0.114. The number of ketones is 1. The molecule has 94 valence electrons. The molecule has 1 heterocycles. The fourth-order valence-corrected chi connectivity index (χ4v) is 2.40. The van der Waals surface area contributed by atoms with Crippen LogP contribution in [0.15, 0.2) is 12.1 Å². The third-order valence-corrected chi connectivity index (χ3v) is 3.68. The molecule has 1 aliphatic carbocycles. The van der Waals surface area contributed by atoms with Crippen LogP contribution in [0.4, 0.5) is 14.5 Å². The van der Waals surface area contributed by atoms with Crippen LogP contribution in [0.1, 0.15) is 29.6 Å². The number of halogens is 2. The second-order valence-corrected chi connectivity index (χ2v) is 4.83. The summed E-state index contributed by atoms with van der Waals surface area (Å²) in [5, 5.41) is 0. The van der Waals surface area contributed by atoms with E-state index in [0.29, 0.717) is 12.5 Å². The standard InChI is InChI=1S/C13H11F2NO2/c14-9-4-8-11(5-10(9)15)16(13(18)12(8)17)6-7-2-1-3-7/h4-5,7H,1-3,6H2. The number of carbonyl (C=O) groups excluding carboxylic acids is 2. The first kappa shape index (κ1) is 11.3. The average Bonchev–Trinajstić information content (AvgIpc) is 2.49. The smallest absolute Gasteiger partial charge is 0.299 e. The van der Waals surface area contributed by atoms with Crippen molar-refractivity contribution in [3.05, 3.63) is 29.3 Å². The molecular formula is C13H11F2NO2. The molecule has 0 spiro atoms. The van der Waals surface area contributed by atoms with Crippen LogP contribution in [0.3, 0.4) is 0 Å². The van der Waals surface area contributed by atoms with Crippen LogP contribution in [-0.4, -0.2) is 18.2 Å². The Kier molecular flexibility index (Phi) is 2.43. The molecule has 0 aromatic heterocycles. The van der Waals surface area contributed by atoms with E-state index in [4.69, 9.17) is 0 Å². The highest BCUT2D eigenvalue weighted by Gasteiger charge is 2.38. The highest BCUT2D eigenvalue weighted by Crippen LogP contribution is 2.35. The predicted molar refractivity (Wildman–Crippen MR) is 60.4 cm³/mol. The van der Waals surface area contributed by atoms with Crippen molar-refractivity contribution in [2.45, 2.75) is 19.3 Å². The zero-order chi connectivity index (χ0) is 12.9. The lowest BCUT2D eigenvalue weighted by Gasteiger charge is -2.29. The van der Waals surface area contributed by atoms with Gasteiger partial charge in [0.05, 0.1) is 11.3 Å². The Balaban J connectivity index is 2.00. The first-order valence-corrected chi connectivity index (χ1v) is 5.93. The molecule has 0 radical (unpaired) electrons. The van der Waals surface area contributed by atoms with Crippen molar-refractivity contribution in [1.29, 1.82) is 0 Å². The van der Waals surface area contributed by atoms with Gasteiger partial charge in [-0.05, 0) is 24.8 Å². The summed E-state index contributed by atoms with van der Waals surface area (Å²) in [6, 6.07) is 1.75. The number of rotatable bonds is 2. The van der Waals surface area contributed by atoms with Crippen molar-refractivity contribution >= 4 is 17.4 Å². The number of fused-ring (bicyclic) bond motifs is 1. The SMILES string of the molecule is O=C1C(=O)N(CC2CCC2)c2cc(F)c(F)cc21. The Morgan fingerprint density at radius 3 is 2.44 bits per heavy atom. The Hall–Kier alpha value is -1.78. The van der Waals surface area contributed by atoms with Gasteiger partial charge in [-0.15, -0.1) is 0 Å². The van der Waals surface area contributed by atoms with E-state index in [1.807, 2.05) is 0 Å². The number of hydrogen-bond acceptors (Lipinski definition) is 2. The van der Waals surface area contributed by atoms with Crippen molar-refractivity contribution in [3.63, 3.8) is 0 Å². The van der Waals surface area contributed by atoms with Crippen LogP contribution >= 0.6 is 0 Å². The van der Waals surface area contributed by atoms with Gasteiger partial charge >= 0.3 is 0 Å². The number of carbonyl (C=O) groups is 2. The van der Waals surface area contributed by atoms with E-state index in [2.05, 4.69) is 0 Å². The molecule has 1 aromatic rings. The molecule has 2 aliphatic rings. The number of hydrogen-bond donors (Lipinski definition) is 0. The van der Waals surface area contributed by atoms with Gasteiger partial charge < -0.3 is 4.90 Å². The number of amides is 1. The summed E-state index contributed by atoms with van der Waals surface area (Å²) >= 11 is 0. The number of Topliss-reactive ketones (excluding diaryl/α,β-unsaturated/α-hetero) is 1. The van der Waals surface area contributed by atoms with Gasteiger partial charge in [-0.2, -0.15) is 0 Å². The van der Waals surface area contributed by atoms with E-state index in [1.54, 1.807) is 0 Å². The van der Waals surface area contributed by atoms with Gasteiger partial charge in [-0.3, -0.25) is 9.59 Å². The molecule has 1 amide bonds. The molecule has 0 bridgehead atoms. The van der Waals surface area contributed by atoms with Crippen molar-refractivity contribution < 1.29 is 18.4 Å². The molecule has 3 rings (SSSR count). The second-order valence-electron chi connectivity index (χ2n) is 4.83. The summed E-state index contributed by atoms with van der Waals surface area (Å²) in [5.74, 6) is -3.19. The van der Waals surface area contributed by atoms with Gasteiger partial charge in [0.1, 0.15) is 0 Å². The maximum absolute atomic E-state index is 13.2. The molecule has 0 unspecified atom stereocenters. The van der Waals surface area contributed by atoms with Crippen LogP contribution in [-0.2, 0) is 4.79 Å². The third kappa shape index (κ3) is 1.54. The molecule has 1 saturated carbocycles. The number of benzene rings is 1. The molecule has 0 atom stereocenters. The predicted octanol–water partition coefficient (Wildman–Crippen LogP) is 2.29. The minimum atomic E-state index is -1.10. The minimum absolute atomic E-state index is 0.0294. The summed E-state index contributed by atoms with van der Waals surface area (Å²) in [4.78, 5) is 24.8. The van der Waals surface area contributed by atoms with Crippen molar-refractivity contribution in [2.75, 3.05) is 11.4 Å². The molecular weight excluding hydrogens is 240 g/mol. The maximum Gasteiger partial charge on any atom is 0.299 e. The van der Waals surface area contributed by atoms with E-state index in [0.717, 1.165) is 31.4 Å². The zero-order valence-electron chi connectivity index (χ0n) is 9.58. The van der Waals surface area contributed by atoms with Gasteiger partial charge in [-0.1, -0.05) is 6.42 Å². The van der Waals surface area contributed by atoms with E-state index in [9.17, 15) is 18.4 Å². The zero-order valence-corrected chi connectivity index (χ0v) is 9.58. The largest absolute Gasteiger partial charge is 0.304 e. The molecule has 5 heteroatoms. The molecule has 18 heavy (non-hydrogen) atoms. The lowest BCUT2D eigenvalue weighted by atomic mass is 9.85. The normalized spacial score (nSPS) is 19.1. The Labute approximate surface area is 102 Å². The Morgan fingerprint density at radius 1 is 1.17 bits per heavy atom. The number of anilines is 1. The van der Waals surface area contributed by atoms with Crippen molar-refractivity contribution in [2.24, 2.45) is 5.92 Å². The highest BCUT2D eigenvalue weighted by atomic mass is 19.2. The summed E-state index contributed by atoms with van der Waals surface area (Å²) < 4.78 is 26.3. The third-order valence-electron chi connectivity index (χ3n) is 3.68. The van der Waals surface area contributed by atoms with E-state index >= 15 is 0 Å². The molecule has 3 nitrogen and oxygen atoms in total. The van der Waals surface area contributed by atoms with Crippen LogP contribution in [0.2, 0.25) is 0 Å². The van der Waals surface area contributed by atoms with E-state index in [-0.39, 0.29) is 11.3 Å². The van der Waals surface area contributed by atoms with Crippen LogP contribution in [0.5, 0.6) is 0 Å².